The molecule has 1 amide bonds. The Hall–Kier alpha value is -0.660. The maximum absolute atomic E-state index is 12.5. The first kappa shape index (κ1) is 14.7. The van der Waals surface area contributed by atoms with Crippen molar-refractivity contribution in [1.29, 1.82) is 0 Å². The lowest BCUT2D eigenvalue weighted by Gasteiger charge is -2.25. The van der Waals surface area contributed by atoms with Crippen LogP contribution in [-0.4, -0.2) is 48.2 Å². The number of aliphatic hydroxyl groups is 1. The van der Waals surface area contributed by atoms with Gasteiger partial charge in [-0.25, -0.2) is 0 Å². The van der Waals surface area contributed by atoms with E-state index in [1.807, 2.05) is 24.3 Å². The molecule has 2 rings (SSSR count). The molecule has 0 saturated carbocycles. The molecule has 0 aromatic heterocycles. The van der Waals surface area contributed by atoms with Crippen molar-refractivity contribution >= 4 is 28.5 Å². The Morgan fingerprint density at radius 3 is 3.00 bits per heavy atom. The maximum Gasteiger partial charge on any atom is 0.254 e. The molecule has 1 aliphatic rings. The normalized spacial score (nSPS) is 18.5. The number of hydrogen-bond acceptors (Lipinski definition) is 3. The molecular formula is C14H19IN2O2. The zero-order chi connectivity index (χ0) is 13.7. The number of nitrogens with zero attached hydrogens (tertiary/aromatic N) is 1. The molecule has 1 heterocycles. The monoisotopic (exact) mass is 374 g/mol. The second-order valence-electron chi connectivity index (χ2n) is 4.78. The number of carbonyl (C=O) groups is 1. The molecule has 1 aliphatic heterocycles. The SMILES string of the molecule is O=C(c1cccc(I)c1)N(CCO)CC1CCCN1. The van der Waals surface area contributed by atoms with E-state index < -0.39 is 0 Å². The highest BCUT2D eigenvalue weighted by molar-refractivity contribution is 14.1. The summed E-state index contributed by atoms with van der Waals surface area (Å²) in [6.07, 6.45) is 2.26. The van der Waals surface area contributed by atoms with Crippen LogP contribution >= 0.6 is 22.6 Å². The third-order valence-corrected chi connectivity index (χ3v) is 4.00. The molecule has 1 aromatic rings. The van der Waals surface area contributed by atoms with Crippen LogP contribution in [-0.2, 0) is 0 Å². The average molecular weight is 374 g/mol. The van der Waals surface area contributed by atoms with Gasteiger partial charge in [0.2, 0.25) is 0 Å². The van der Waals surface area contributed by atoms with Gasteiger partial charge in [0.15, 0.2) is 0 Å². The quantitative estimate of drug-likeness (QED) is 0.768. The molecule has 1 fully saturated rings. The summed E-state index contributed by atoms with van der Waals surface area (Å²) in [5.41, 5.74) is 0.693. The summed E-state index contributed by atoms with van der Waals surface area (Å²) in [7, 11) is 0. The summed E-state index contributed by atoms with van der Waals surface area (Å²) in [5, 5.41) is 12.5. The summed E-state index contributed by atoms with van der Waals surface area (Å²) in [4.78, 5) is 14.2. The Balaban J connectivity index is 2.06. The largest absolute Gasteiger partial charge is 0.395 e. The van der Waals surface area contributed by atoms with E-state index in [1.165, 1.54) is 0 Å². The van der Waals surface area contributed by atoms with Crippen LogP contribution in [0.15, 0.2) is 24.3 Å². The Morgan fingerprint density at radius 1 is 1.53 bits per heavy atom. The van der Waals surface area contributed by atoms with E-state index in [4.69, 9.17) is 5.11 Å². The molecule has 1 atom stereocenters. The van der Waals surface area contributed by atoms with E-state index in [1.54, 1.807) is 4.90 Å². The summed E-state index contributed by atoms with van der Waals surface area (Å²) in [6, 6.07) is 7.93. The van der Waals surface area contributed by atoms with Crippen LogP contribution in [0.5, 0.6) is 0 Å². The predicted molar refractivity (Wildman–Crippen MR) is 83.2 cm³/mol. The van der Waals surface area contributed by atoms with Crippen molar-refractivity contribution in [3.8, 4) is 0 Å². The minimum atomic E-state index is 0.00117. The first-order chi connectivity index (χ1) is 9.20. The van der Waals surface area contributed by atoms with E-state index in [0.717, 1.165) is 23.0 Å². The van der Waals surface area contributed by atoms with Crippen molar-refractivity contribution in [1.82, 2.24) is 10.2 Å². The van der Waals surface area contributed by atoms with Crippen LogP contribution in [0.25, 0.3) is 0 Å². The fourth-order valence-electron chi connectivity index (χ4n) is 2.38. The van der Waals surface area contributed by atoms with Gasteiger partial charge in [-0.3, -0.25) is 4.79 Å². The number of aliphatic hydroxyl groups excluding tert-OH is 1. The Labute approximate surface area is 127 Å². The highest BCUT2D eigenvalue weighted by atomic mass is 127. The molecular weight excluding hydrogens is 355 g/mol. The third-order valence-electron chi connectivity index (χ3n) is 3.33. The fraction of sp³-hybridized carbons (Fsp3) is 0.500. The number of carbonyl (C=O) groups excluding carboxylic acids is 1. The highest BCUT2D eigenvalue weighted by Crippen LogP contribution is 2.13. The Morgan fingerprint density at radius 2 is 2.37 bits per heavy atom. The van der Waals surface area contributed by atoms with Gasteiger partial charge in [0, 0.05) is 28.3 Å². The summed E-state index contributed by atoms with van der Waals surface area (Å²) in [5.74, 6) is 0.00117. The summed E-state index contributed by atoms with van der Waals surface area (Å²) >= 11 is 2.20. The topological polar surface area (TPSA) is 52.6 Å². The van der Waals surface area contributed by atoms with Gasteiger partial charge in [-0.05, 0) is 60.2 Å². The van der Waals surface area contributed by atoms with Crippen LogP contribution in [0.4, 0.5) is 0 Å². The highest BCUT2D eigenvalue weighted by Gasteiger charge is 2.22. The van der Waals surface area contributed by atoms with Crippen molar-refractivity contribution in [2.75, 3.05) is 26.2 Å². The van der Waals surface area contributed by atoms with E-state index in [0.29, 0.717) is 24.7 Å². The van der Waals surface area contributed by atoms with Crippen molar-refractivity contribution in [2.24, 2.45) is 0 Å². The summed E-state index contributed by atoms with van der Waals surface area (Å²) < 4.78 is 1.05. The molecule has 0 spiro atoms. The lowest BCUT2D eigenvalue weighted by Crippen LogP contribution is -2.42. The molecule has 1 saturated heterocycles. The number of halogens is 1. The van der Waals surface area contributed by atoms with Crippen molar-refractivity contribution in [2.45, 2.75) is 18.9 Å². The molecule has 2 N–H and O–H groups in total. The van der Waals surface area contributed by atoms with Gasteiger partial charge in [-0.15, -0.1) is 0 Å². The molecule has 1 unspecified atom stereocenters. The van der Waals surface area contributed by atoms with Gasteiger partial charge < -0.3 is 15.3 Å². The second kappa shape index (κ2) is 7.21. The van der Waals surface area contributed by atoms with Crippen molar-refractivity contribution in [3.05, 3.63) is 33.4 Å². The molecule has 4 nitrogen and oxygen atoms in total. The minimum Gasteiger partial charge on any atom is -0.395 e. The number of hydrogen-bond donors (Lipinski definition) is 2. The van der Waals surface area contributed by atoms with Crippen molar-refractivity contribution < 1.29 is 9.90 Å². The zero-order valence-corrected chi connectivity index (χ0v) is 13.0. The standard InChI is InChI=1S/C14H19IN2O2/c15-12-4-1-3-11(9-12)14(19)17(7-8-18)10-13-5-2-6-16-13/h1,3-4,9,13,16,18H,2,5-8,10H2. The molecule has 19 heavy (non-hydrogen) atoms. The minimum absolute atomic E-state index is 0.00117. The van der Waals surface area contributed by atoms with Crippen molar-refractivity contribution in [3.63, 3.8) is 0 Å². The molecule has 0 radical (unpaired) electrons. The molecule has 104 valence electrons. The van der Waals surface area contributed by atoms with E-state index >= 15 is 0 Å². The average Bonchev–Trinajstić information content (AvgIpc) is 2.90. The molecule has 0 aliphatic carbocycles. The molecule has 0 bridgehead atoms. The number of nitrogens with one attached hydrogen (secondary N) is 1. The fourth-order valence-corrected chi connectivity index (χ4v) is 2.92. The first-order valence-electron chi connectivity index (χ1n) is 6.60. The summed E-state index contributed by atoms with van der Waals surface area (Å²) in [6.45, 7) is 2.09. The van der Waals surface area contributed by atoms with E-state index in [-0.39, 0.29) is 12.5 Å². The van der Waals surface area contributed by atoms with Gasteiger partial charge in [0.1, 0.15) is 0 Å². The van der Waals surface area contributed by atoms with E-state index in [9.17, 15) is 4.79 Å². The van der Waals surface area contributed by atoms with Crippen LogP contribution in [0, 0.1) is 3.57 Å². The van der Waals surface area contributed by atoms with Gasteiger partial charge in [0.25, 0.3) is 5.91 Å². The lowest BCUT2D eigenvalue weighted by atomic mass is 10.1. The third kappa shape index (κ3) is 4.15. The molecule has 1 aromatic carbocycles. The number of amides is 1. The van der Waals surface area contributed by atoms with Gasteiger partial charge in [0.05, 0.1) is 6.61 Å². The van der Waals surface area contributed by atoms with Gasteiger partial charge in [-0.2, -0.15) is 0 Å². The number of benzene rings is 1. The second-order valence-corrected chi connectivity index (χ2v) is 6.02. The van der Waals surface area contributed by atoms with Crippen LogP contribution in [0.2, 0.25) is 0 Å². The van der Waals surface area contributed by atoms with Crippen LogP contribution in [0.3, 0.4) is 0 Å². The Bertz CT molecular complexity index is 433. The Kier molecular flexibility index (Phi) is 5.59. The van der Waals surface area contributed by atoms with Gasteiger partial charge in [-0.1, -0.05) is 6.07 Å². The molecule has 5 heteroatoms. The first-order valence-corrected chi connectivity index (χ1v) is 7.67. The lowest BCUT2D eigenvalue weighted by molar-refractivity contribution is 0.0706. The van der Waals surface area contributed by atoms with Crippen LogP contribution < -0.4 is 5.32 Å². The van der Waals surface area contributed by atoms with Crippen LogP contribution in [0.1, 0.15) is 23.2 Å². The van der Waals surface area contributed by atoms with E-state index in [2.05, 4.69) is 27.9 Å². The zero-order valence-electron chi connectivity index (χ0n) is 10.8. The predicted octanol–water partition coefficient (Wildman–Crippen LogP) is 1.48. The smallest absolute Gasteiger partial charge is 0.254 e. The van der Waals surface area contributed by atoms with Gasteiger partial charge >= 0.3 is 0 Å². The maximum atomic E-state index is 12.5. The number of rotatable bonds is 5.